The fourth-order valence-corrected chi connectivity index (χ4v) is 3.52. The van der Waals surface area contributed by atoms with Gasteiger partial charge in [-0.05, 0) is 39.8 Å². The minimum absolute atomic E-state index is 0.410. The first kappa shape index (κ1) is 14.4. The highest BCUT2D eigenvalue weighted by Gasteiger charge is 2.16. The Hall–Kier alpha value is -1.54. The average Bonchev–Trinajstić information content (AvgIpc) is 2.52. The second kappa shape index (κ2) is 6.49. The summed E-state index contributed by atoms with van der Waals surface area (Å²) in [6, 6.07) is 17.7. The van der Waals surface area contributed by atoms with Crippen LogP contribution in [0.25, 0.3) is 0 Å². The molecule has 1 heterocycles. The normalized spacial score (nSPS) is 16.3. The lowest BCUT2D eigenvalue weighted by atomic mass is 9.47. The van der Waals surface area contributed by atoms with E-state index in [9.17, 15) is 0 Å². The fourth-order valence-electron chi connectivity index (χ4n) is 3.52. The Morgan fingerprint density at radius 3 is 1.67 bits per heavy atom. The van der Waals surface area contributed by atoms with Gasteiger partial charge < -0.3 is 4.81 Å². The van der Waals surface area contributed by atoms with E-state index < -0.39 is 0 Å². The van der Waals surface area contributed by atoms with Gasteiger partial charge in [-0.2, -0.15) is 0 Å². The molecule has 0 bridgehead atoms. The number of hydrogen-bond acceptors (Lipinski definition) is 1. The van der Waals surface area contributed by atoms with Crippen LogP contribution in [0.4, 0.5) is 0 Å². The first-order chi connectivity index (χ1) is 10.3. The quantitative estimate of drug-likeness (QED) is 0.780. The van der Waals surface area contributed by atoms with Crippen molar-refractivity contribution >= 4 is 17.8 Å². The molecule has 0 atom stereocenters. The molecule has 0 aliphatic carbocycles. The lowest BCUT2D eigenvalue weighted by molar-refractivity contribution is 0.358. The van der Waals surface area contributed by atoms with Crippen LogP contribution in [0.3, 0.4) is 0 Å². The van der Waals surface area contributed by atoms with Crippen molar-refractivity contribution in [2.45, 2.75) is 33.1 Å². The van der Waals surface area contributed by atoms with Crippen molar-refractivity contribution in [3.05, 3.63) is 59.7 Å². The first-order valence-corrected chi connectivity index (χ1v) is 8.12. The van der Waals surface area contributed by atoms with E-state index in [1.165, 1.54) is 54.4 Å². The molecule has 1 fully saturated rings. The van der Waals surface area contributed by atoms with E-state index in [0.717, 1.165) is 0 Å². The van der Waals surface area contributed by atoms with Crippen LogP contribution in [0, 0.1) is 13.8 Å². The van der Waals surface area contributed by atoms with Gasteiger partial charge in [0, 0.05) is 6.85 Å². The highest BCUT2D eigenvalue weighted by molar-refractivity contribution is 6.83. The van der Waals surface area contributed by atoms with Crippen molar-refractivity contribution in [2.75, 3.05) is 13.1 Å². The summed E-state index contributed by atoms with van der Waals surface area (Å²) >= 11 is 0. The second-order valence-electron chi connectivity index (χ2n) is 6.21. The largest absolute Gasteiger partial charge is 0.495 e. The third kappa shape index (κ3) is 3.06. The number of benzene rings is 2. The number of hydrogen-bond donors (Lipinski definition) is 0. The van der Waals surface area contributed by atoms with Gasteiger partial charge in [0.2, 0.25) is 0 Å². The summed E-state index contributed by atoms with van der Waals surface area (Å²) in [6.45, 7) is 7.32. The Labute approximate surface area is 129 Å². The lowest BCUT2D eigenvalue weighted by Gasteiger charge is -2.47. The van der Waals surface area contributed by atoms with Crippen molar-refractivity contribution in [3.8, 4) is 0 Å². The van der Waals surface area contributed by atoms with E-state index in [4.69, 9.17) is 0 Å². The van der Waals surface area contributed by atoms with E-state index in [-0.39, 0.29) is 0 Å². The summed E-state index contributed by atoms with van der Waals surface area (Å²) in [5, 5.41) is 0. The number of rotatable bonds is 3. The first-order valence-electron chi connectivity index (χ1n) is 8.12. The summed E-state index contributed by atoms with van der Waals surface area (Å²) in [5.41, 5.74) is 5.73. The topological polar surface area (TPSA) is 3.24 Å². The summed E-state index contributed by atoms with van der Waals surface area (Å²) < 4.78 is 0. The SMILES string of the molecule is Cc1ccccc1[B-](c1ccccc1C)N1CCCCC1. The zero-order valence-electron chi connectivity index (χ0n) is 13.2. The summed E-state index contributed by atoms with van der Waals surface area (Å²) in [4.78, 5) is 2.67. The van der Waals surface area contributed by atoms with E-state index >= 15 is 0 Å². The molecule has 1 nitrogen and oxygen atoms in total. The maximum atomic E-state index is 2.67. The molecule has 2 aromatic rings. The molecular formula is C19H24BN-. The predicted molar refractivity (Wildman–Crippen MR) is 92.8 cm³/mol. The van der Waals surface area contributed by atoms with E-state index in [0.29, 0.717) is 6.85 Å². The summed E-state index contributed by atoms with van der Waals surface area (Å²) in [5.74, 6) is 0. The molecule has 0 N–H and O–H groups in total. The van der Waals surface area contributed by atoms with Crippen LogP contribution >= 0.6 is 0 Å². The van der Waals surface area contributed by atoms with Crippen molar-refractivity contribution < 1.29 is 0 Å². The van der Waals surface area contributed by atoms with Crippen molar-refractivity contribution in [1.82, 2.24) is 4.81 Å². The van der Waals surface area contributed by atoms with Crippen LogP contribution in [0.5, 0.6) is 0 Å². The smallest absolute Gasteiger partial charge is 0.00592 e. The Balaban J connectivity index is 2.07. The van der Waals surface area contributed by atoms with Crippen molar-refractivity contribution in [3.63, 3.8) is 0 Å². The molecule has 1 aliphatic heterocycles. The molecule has 1 aliphatic rings. The molecular weight excluding hydrogens is 253 g/mol. The molecule has 0 unspecified atom stereocenters. The molecule has 0 spiro atoms. The van der Waals surface area contributed by atoms with Crippen LogP contribution in [-0.4, -0.2) is 24.7 Å². The van der Waals surface area contributed by atoms with Gasteiger partial charge in [0.05, 0.1) is 0 Å². The number of aryl methyl sites for hydroxylation is 2. The van der Waals surface area contributed by atoms with Gasteiger partial charge in [0.25, 0.3) is 0 Å². The van der Waals surface area contributed by atoms with E-state index in [1.54, 1.807) is 0 Å². The molecule has 3 rings (SSSR count). The Bertz CT molecular complexity index is 557. The Morgan fingerprint density at radius 1 is 0.714 bits per heavy atom. The Kier molecular flexibility index (Phi) is 4.45. The van der Waals surface area contributed by atoms with Gasteiger partial charge >= 0.3 is 0 Å². The highest BCUT2D eigenvalue weighted by Crippen LogP contribution is 2.13. The van der Waals surface area contributed by atoms with Gasteiger partial charge in [0.1, 0.15) is 0 Å². The predicted octanol–water partition coefficient (Wildman–Crippen LogP) is 2.90. The van der Waals surface area contributed by atoms with Gasteiger partial charge in [-0.25, -0.2) is 10.9 Å². The molecule has 2 aromatic carbocycles. The standard InChI is InChI=1S/C19H24BN/c1-16-10-4-6-12-18(16)20(21-14-8-3-9-15-21)19-13-7-5-11-17(19)2/h4-7,10-13H,3,8-9,14-15H2,1-2H3/q-1. The van der Waals surface area contributed by atoms with Gasteiger partial charge in [-0.15, -0.1) is 0 Å². The molecule has 0 aromatic heterocycles. The minimum Gasteiger partial charge on any atom is -0.495 e. The third-order valence-corrected chi connectivity index (χ3v) is 4.72. The molecule has 1 saturated heterocycles. The van der Waals surface area contributed by atoms with Crippen molar-refractivity contribution in [2.24, 2.45) is 0 Å². The van der Waals surface area contributed by atoms with Crippen LogP contribution in [0.2, 0.25) is 0 Å². The molecule has 21 heavy (non-hydrogen) atoms. The van der Waals surface area contributed by atoms with E-state index in [1.807, 2.05) is 0 Å². The lowest BCUT2D eigenvalue weighted by Crippen LogP contribution is -2.59. The monoisotopic (exact) mass is 277 g/mol. The Morgan fingerprint density at radius 2 is 1.19 bits per heavy atom. The van der Waals surface area contributed by atoms with Gasteiger partial charge in [-0.3, -0.25) is 0 Å². The van der Waals surface area contributed by atoms with Crippen LogP contribution in [-0.2, 0) is 0 Å². The van der Waals surface area contributed by atoms with E-state index in [2.05, 4.69) is 67.2 Å². The maximum absolute atomic E-state index is 2.67. The highest BCUT2D eigenvalue weighted by atomic mass is 15.1. The van der Waals surface area contributed by atoms with Gasteiger partial charge in [-0.1, -0.05) is 66.1 Å². The zero-order valence-corrected chi connectivity index (χ0v) is 13.2. The summed E-state index contributed by atoms with van der Waals surface area (Å²) in [6.07, 6.45) is 4.04. The third-order valence-electron chi connectivity index (χ3n) is 4.72. The molecule has 0 saturated carbocycles. The number of nitrogens with zero attached hydrogens (tertiary/aromatic N) is 1. The van der Waals surface area contributed by atoms with Crippen LogP contribution in [0.1, 0.15) is 30.4 Å². The fraction of sp³-hybridized carbons (Fsp3) is 0.368. The van der Waals surface area contributed by atoms with Crippen LogP contribution in [0.15, 0.2) is 48.5 Å². The van der Waals surface area contributed by atoms with Gasteiger partial charge in [0.15, 0.2) is 0 Å². The van der Waals surface area contributed by atoms with Crippen LogP contribution < -0.4 is 10.9 Å². The molecule has 109 valence electrons. The molecule has 1 radical (unpaired) electrons. The van der Waals surface area contributed by atoms with Crippen molar-refractivity contribution in [1.29, 1.82) is 0 Å². The summed E-state index contributed by atoms with van der Waals surface area (Å²) in [7, 11) is 0. The number of piperidine rings is 1. The average molecular weight is 277 g/mol. The maximum Gasteiger partial charge on any atom is 0.00592 e. The minimum atomic E-state index is 0.410. The second-order valence-corrected chi connectivity index (χ2v) is 6.21. The molecule has 2 heteroatoms. The zero-order chi connectivity index (χ0) is 14.7. The molecule has 0 amide bonds.